The minimum absolute atomic E-state index is 0.0766. The fourth-order valence-corrected chi connectivity index (χ4v) is 3.00. The van der Waals surface area contributed by atoms with Crippen molar-refractivity contribution in [3.63, 3.8) is 0 Å². The van der Waals surface area contributed by atoms with Crippen LogP contribution in [-0.2, 0) is 9.84 Å². The molecule has 16 heavy (non-hydrogen) atoms. The maximum absolute atomic E-state index is 11.2. The Hall–Kier alpha value is -0.710. The molecule has 0 aliphatic carbocycles. The number of sulfone groups is 1. The molecule has 86 valence electrons. The first-order valence-electron chi connectivity index (χ1n) is 4.59. The molecule has 0 bridgehead atoms. The van der Waals surface area contributed by atoms with Crippen LogP contribution in [-0.4, -0.2) is 20.2 Å². The highest BCUT2D eigenvalue weighted by Crippen LogP contribution is 2.26. The van der Waals surface area contributed by atoms with E-state index < -0.39 is 9.84 Å². The van der Waals surface area contributed by atoms with Crippen LogP contribution in [0.25, 0.3) is 0 Å². The van der Waals surface area contributed by atoms with Gasteiger partial charge in [0.25, 0.3) is 0 Å². The van der Waals surface area contributed by atoms with Crippen molar-refractivity contribution in [2.24, 2.45) is 0 Å². The molecule has 0 fully saturated rings. The highest BCUT2D eigenvalue weighted by molar-refractivity contribution is 7.94. The summed E-state index contributed by atoms with van der Waals surface area (Å²) in [7, 11) is -3.04. The minimum Gasteiger partial charge on any atom is -0.378 e. The topological polar surface area (TPSA) is 46.2 Å². The lowest BCUT2D eigenvalue weighted by molar-refractivity contribution is 0.605. The van der Waals surface area contributed by atoms with Gasteiger partial charge in [-0.2, -0.15) is 0 Å². The van der Waals surface area contributed by atoms with Crippen LogP contribution in [0.15, 0.2) is 29.7 Å². The van der Waals surface area contributed by atoms with Gasteiger partial charge in [-0.15, -0.1) is 0 Å². The molecule has 6 heteroatoms. The molecule has 0 radical (unpaired) electrons. The standard InChI is InChI=1S/C10H9Cl2NO2S/c11-9-2-1-7(5-10(9)12)13-8-3-4-16(14,15)6-8/h1-5,8,13H,6H2. The van der Waals surface area contributed by atoms with Crippen LogP contribution >= 0.6 is 23.2 Å². The summed E-state index contributed by atoms with van der Waals surface area (Å²) in [6.07, 6.45) is 1.62. The average Bonchev–Trinajstić information content (AvgIpc) is 2.52. The molecule has 0 amide bonds. The number of hydrogen-bond acceptors (Lipinski definition) is 3. The SMILES string of the molecule is O=S1(=O)C=CC(Nc2ccc(Cl)c(Cl)c2)C1. The fraction of sp³-hybridized carbons (Fsp3) is 0.200. The molecule has 1 aliphatic rings. The summed E-state index contributed by atoms with van der Waals surface area (Å²) in [4.78, 5) is 0. The summed E-state index contributed by atoms with van der Waals surface area (Å²) in [6.45, 7) is 0. The van der Waals surface area contributed by atoms with Crippen LogP contribution in [0.4, 0.5) is 5.69 Å². The van der Waals surface area contributed by atoms with Crippen molar-refractivity contribution in [2.45, 2.75) is 6.04 Å². The van der Waals surface area contributed by atoms with E-state index in [0.717, 1.165) is 5.69 Å². The molecule has 1 atom stereocenters. The molecule has 2 rings (SSSR count). The van der Waals surface area contributed by atoms with Gasteiger partial charge < -0.3 is 5.32 Å². The van der Waals surface area contributed by atoms with Gasteiger partial charge >= 0.3 is 0 Å². The Bertz CT molecular complexity index is 540. The van der Waals surface area contributed by atoms with Crippen LogP contribution in [0.2, 0.25) is 10.0 Å². The number of rotatable bonds is 2. The van der Waals surface area contributed by atoms with Gasteiger partial charge in [0.05, 0.1) is 21.8 Å². The third kappa shape index (κ3) is 2.70. The maximum atomic E-state index is 11.2. The van der Waals surface area contributed by atoms with Gasteiger partial charge in [-0.25, -0.2) is 8.42 Å². The molecule has 1 aliphatic heterocycles. The number of nitrogens with one attached hydrogen (secondary N) is 1. The Morgan fingerprint density at radius 2 is 2.00 bits per heavy atom. The van der Waals surface area contributed by atoms with Crippen LogP contribution in [0.1, 0.15) is 0 Å². The fourth-order valence-electron chi connectivity index (χ4n) is 1.47. The first-order valence-corrected chi connectivity index (χ1v) is 7.06. The predicted molar refractivity (Wildman–Crippen MR) is 66.8 cm³/mol. The summed E-state index contributed by atoms with van der Waals surface area (Å²) in [5.41, 5.74) is 0.751. The average molecular weight is 278 g/mol. The number of anilines is 1. The molecule has 3 nitrogen and oxygen atoms in total. The first-order chi connectivity index (χ1) is 7.46. The normalized spacial score (nSPS) is 22.2. The first kappa shape index (κ1) is 11.8. The second-order valence-corrected chi connectivity index (χ2v) is 6.28. The Kier molecular flexibility index (Phi) is 3.15. The zero-order valence-electron chi connectivity index (χ0n) is 8.15. The van der Waals surface area contributed by atoms with E-state index >= 15 is 0 Å². The van der Waals surface area contributed by atoms with Gasteiger partial charge in [0, 0.05) is 11.1 Å². The summed E-state index contributed by atoms with van der Waals surface area (Å²) in [6, 6.07) is 4.89. The second kappa shape index (κ2) is 4.28. The van der Waals surface area contributed by atoms with Gasteiger partial charge in [0.2, 0.25) is 0 Å². The molecular formula is C10H9Cl2NO2S. The minimum atomic E-state index is -3.04. The van der Waals surface area contributed by atoms with Crippen molar-refractivity contribution in [3.8, 4) is 0 Å². The van der Waals surface area contributed by atoms with Crippen LogP contribution in [0.3, 0.4) is 0 Å². The summed E-state index contributed by atoms with van der Waals surface area (Å²) in [5, 5.41) is 5.19. The highest BCUT2D eigenvalue weighted by Gasteiger charge is 2.21. The van der Waals surface area contributed by atoms with Gasteiger partial charge in [-0.3, -0.25) is 0 Å². The van der Waals surface area contributed by atoms with Crippen molar-refractivity contribution in [3.05, 3.63) is 39.7 Å². The van der Waals surface area contributed by atoms with Crippen LogP contribution in [0.5, 0.6) is 0 Å². The largest absolute Gasteiger partial charge is 0.378 e. The Balaban J connectivity index is 2.11. The molecule has 0 aromatic heterocycles. The van der Waals surface area contributed by atoms with Gasteiger partial charge in [-0.05, 0) is 18.2 Å². The van der Waals surface area contributed by atoms with Crippen molar-refractivity contribution >= 4 is 38.7 Å². The third-order valence-electron chi connectivity index (χ3n) is 2.20. The quantitative estimate of drug-likeness (QED) is 0.904. The lowest BCUT2D eigenvalue weighted by Crippen LogP contribution is -2.20. The molecular weight excluding hydrogens is 269 g/mol. The monoisotopic (exact) mass is 277 g/mol. The number of halogens is 2. The van der Waals surface area contributed by atoms with Gasteiger partial charge in [0.1, 0.15) is 0 Å². The van der Waals surface area contributed by atoms with E-state index in [9.17, 15) is 8.42 Å². The molecule has 0 saturated heterocycles. The zero-order valence-corrected chi connectivity index (χ0v) is 10.5. The van der Waals surface area contributed by atoms with Crippen molar-refractivity contribution in [1.82, 2.24) is 0 Å². The van der Waals surface area contributed by atoms with Crippen LogP contribution < -0.4 is 5.32 Å². The summed E-state index contributed by atoms with van der Waals surface area (Å²) in [5.74, 6) is 0.0766. The smallest absolute Gasteiger partial charge is 0.173 e. The Morgan fingerprint density at radius 3 is 2.56 bits per heavy atom. The predicted octanol–water partition coefficient (Wildman–Crippen LogP) is 2.72. The molecule has 1 unspecified atom stereocenters. The molecule has 0 spiro atoms. The molecule has 1 heterocycles. The van der Waals surface area contributed by atoms with Crippen LogP contribution in [0, 0.1) is 0 Å². The zero-order chi connectivity index (χ0) is 11.8. The van der Waals surface area contributed by atoms with E-state index in [1.807, 2.05) is 0 Å². The third-order valence-corrected chi connectivity index (χ3v) is 4.34. The van der Waals surface area contributed by atoms with E-state index in [-0.39, 0.29) is 11.8 Å². The molecule has 1 aromatic carbocycles. The van der Waals surface area contributed by atoms with E-state index in [2.05, 4.69) is 5.32 Å². The molecule has 0 saturated carbocycles. The van der Waals surface area contributed by atoms with Crippen molar-refractivity contribution in [2.75, 3.05) is 11.1 Å². The van der Waals surface area contributed by atoms with E-state index in [0.29, 0.717) is 10.0 Å². The lowest BCUT2D eigenvalue weighted by Gasteiger charge is -2.11. The number of hydrogen-bond donors (Lipinski definition) is 1. The molecule has 1 N–H and O–H groups in total. The van der Waals surface area contributed by atoms with Gasteiger partial charge in [-0.1, -0.05) is 29.3 Å². The summed E-state index contributed by atoms with van der Waals surface area (Å²) >= 11 is 11.6. The van der Waals surface area contributed by atoms with Crippen molar-refractivity contribution in [1.29, 1.82) is 0 Å². The van der Waals surface area contributed by atoms with E-state index in [1.54, 1.807) is 24.3 Å². The van der Waals surface area contributed by atoms with E-state index in [1.165, 1.54) is 5.41 Å². The Labute approximate surface area is 104 Å². The Morgan fingerprint density at radius 1 is 1.25 bits per heavy atom. The van der Waals surface area contributed by atoms with Gasteiger partial charge in [0.15, 0.2) is 9.84 Å². The summed E-state index contributed by atoms with van der Waals surface area (Å²) < 4.78 is 22.4. The second-order valence-electron chi connectivity index (χ2n) is 3.54. The number of benzene rings is 1. The highest BCUT2D eigenvalue weighted by atomic mass is 35.5. The van der Waals surface area contributed by atoms with E-state index in [4.69, 9.17) is 23.2 Å². The lowest BCUT2D eigenvalue weighted by atomic mass is 10.2. The molecule has 1 aromatic rings. The van der Waals surface area contributed by atoms with Crippen molar-refractivity contribution < 1.29 is 8.42 Å². The maximum Gasteiger partial charge on any atom is 0.173 e.